The molecule has 0 aliphatic rings. The van der Waals surface area contributed by atoms with Crippen molar-refractivity contribution in [2.45, 2.75) is 34.6 Å². The number of benzene rings is 3. The molecule has 0 atom stereocenters. The molecule has 0 bridgehead atoms. The van der Waals surface area contributed by atoms with Crippen LogP contribution in [0, 0.1) is 20.8 Å². The monoisotopic (exact) mass is 453 g/mol. The molecule has 0 saturated carbocycles. The van der Waals surface area contributed by atoms with Gasteiger partial charge in [-0.05, 0) is 61.7 Å². The van der Waals surface area contributed by atoms with Gasteiger partial charge in [0.2, 0.25) is 11.8 Å². The van der Waals surface area contributed by atoms with Gasteiger partial charge in [0, 0.05) is 25.1 Å². The molecule has 1 amide bonds. The van der Waals surface area contributed by atoms with Crippen LogP contribution in [-0.4, -0.2) is 21.7 Å². The molecule has 0 saturated heterocycles. The Hall–Kier alpha value is -4.19. The number of esters is 1. The second-order valence-electron chi connectivity index (χ2n) is 8.38. The lowest BCUT2D eigenvalue weighted by atomic mass is 10.00. The third-order valence-electron chi connectivity index (χ3n) is 5.67. The van der Waals surface area contributed by atoms with Gasteiger partial charge < -0.3 is 10.1 Å². The van der Waals surface area contributed by atoms with Gasteiger partial charge in [-0.25, -0.2) is 0 Å². The molecule has 1 aromatic heterocycles. The maximum atomic E-state index is 12.2. The molecule has 3 aromatic carbocycles. The van der Waals surface area contributed by atoms with E-state index in [0.717, 1.165) is 33.5 Å². The topological polar surface area (TPSA) is 73.2 Å². The van der Waals surface area contributed by atoms with Gasteiger partial charge in [0.05, 0.1) is 11.3 Å². The quantitative estimate of drug-likeness (QED) is 0.375. The molecule has 0 spiro atoms. The van der Waals surface area contributed by atoms with E-state index < -0.39 is 5.97 Å². The van der Waals surface area contributed by atoms with Gasteiger partial charge in [-0.2, -0.15) is 9.78 Å². The highest BCUT2D eigenvalue weighted by molar-refractivity contribution is 5.91. The summed E-state index contributed by atoms with van der Waals surface area (Å²) in [6.45, 7) is 8.95. The van der Waals surface area contributed by atoms with Crippen molar-refractivity contribution in [2.75, 3.05) is 5.32 Å². The van der Waals surface area contributed by atoms with Gasteiger partial charge in [-0.1, -0.05) is 48.0 Å². The molecular weight excluding hydrogens is 426 g/mol. The Labute approximate surface area is 199 Å². The highest BCUT2D eigenvalue weighted by Gasteiger charge is 2.25. The van der Waals surface area contributed by atoms with Crippen molar-refractivity contribution in [1.29, 1.82) is 0 Å². The predicted molar refractivity (Wildman–Crippen MR) is 134 cm³/mol. The summed E-state index contributed by atoms with van der Waals surface area (Å²) in [4.78, 5) is 23.6. The summed E-state index contributed by atoms with van der Waals surface area (Å²) in [6.07, 6.45) is 0. The van der Waals surface area contributed by atoms with E-state index in [1.807, 2.05) is 81.4 Å². The van der Waals surface area contributed by atoms with E-state index in [2.05, 4.69) is 11.4 Å². The Bertz CT molecular complexity index is 1380. The van der Waals surface area contributed by atoms with Crippen molar-refractivity contribution in [1.82, 2.24) is 9.78 Å². The van der Waals surface area contributed by atoms with Gasteiger partial charge in [-0.15, -0.1) is 0 Å². The van der Waals surface area contributed by atoms with Crippen molar-refractivity contribution in [3.05, 3.63) is 83.4 Å². The van der Waals surface area contributed by atoms with Crippen molar-refractivity contribution in [3.8, 4) is 34.0 Å². The van der Waals surface area contributed by atoms with Crippen molar-refractivity contribution in [2.24, 2.45) is 0 Å². The Morgan fingerprint density at radius 1 is 0.882 bits per heavy atom. The van der Waals surface area contributed by atoms with Crippen LogP contribution in [0.3, 0.4) is 0 Å². The fourth-order valence-corrected chi connectivity index (χ4v) is 3.94. The average molecular weight is 454 g/mol. The summed E-state index contributed by atoms with van der Waals surface area (Å²) in [6, 6.07) is 21.5. The Morgan fingerprint density at radius 3 is 2.24 bits per heavy atom. The third kappa shape index (κ3) is 4.62. The number of aryl methyl sites for hydroxylation is 2. The third-order valence-corrected chi connectivity index (χ3v) is 5.67. The molecule has 0 aliphatic carbocycles. The second kappa shape index (κ2) is 9.35. The van der Waals surface area contributed by atoms with Crippen LogP contribution in [0.25, 0.3) is 28.1 Å². The zero-order chi connectivity index (χ0) is 24.4. The zero-order valence-electron chi connectivity index (χ0n) is 20.0. The van der Waals surface area contributed by atoms with E-state index in [0.29, 0.717) is 22.8 Å². The van der Waals surface area contributed by atoms with E-state index >= 15 is 0 Å². The average Bonchev–Trinajstić information content (AvgIpc) is 3.14. The molecule has 1 N–H and O–H groups in total. The van der Waals surface area contributed by atoms with Crippen LogP contribution >= 0.6 is 0 Å². The number of carbonyl (C=O) groups excluding carboxylic acids is 2. The van der Waals surface area contributed by atoms with E-state index in [1.54, 1.807) is 4.68 Å². The number of rotatable bonds is 5. The summed E-state index contributed by atoms with van der Waals surface area (Å²) in [5.41, 5.74) is 7.92. The lowest BCUT2D eigenvalue weighted by molar-refractivity contribution is -0.132. The number of ether oxygens (including phenoxy) is 1. The normalized spacial score (nSPS) is 10.7. The number of anilines is 1. The van der Waals surface area contributed by atoms with E-state index in [9.17, 15) is 9.59 Å². The van der Waals surface area contributed by atoms with Crippen molar-refractivity contribution in [3.63, 3.8) is 0 Å². The molecule has 0 unspecified atom stereocenters. The minimum absolute atomic E-state index is 0.142. The SMILES string of the molecule is CC(=O)Nc1ccc(-c2c(-c3cccc(C)c3)nn(-c3cccc(C)c3C)c2OC(C)=O)cc1. The fourth-order valence-electron chi connectivity index (χ4n) is 3.94. The largest absolute Gasteiger partial charge is 0.407 e. The number of amides is 1. The molecule has 172 valence electrons. The molecular formula is C28H27N3O3. The van der Waals surface area contributed by atoms with Crippen LogP contribution in [0.1, 0.15) is 30.5 Å². The number of aromatic nitrogens is 2. The number of carbonyl (C=O) groups is 2. The number of nitrogens with one attached hydrogen (secondary N) is 1. The van der Waals surface area contributed by atoms with E-state index in [-0.39, 0.29) is 5.91 Å². The first-order valence-corrected chi connectivity index (χ1v) is 11.1. The number of nitrogens with zero attached hydrogens (tertiary/aromatic N) is 2. The predicted octanol–water partition coefficient (Wildman–Crippen LogP) is 6.02. The minimum Gasteiger partial charge on any atom is -0.407 e. The van der Waals surface area contributed by atoms with E-state index in [4.69, 9.17) is 9.84 Å². The van der Waals surface area contributed by atoms with E-state index in [1.165, 1.54) is 13.8 Å². The first-order valence-electron chi connectivity index (χ1n) is 11.1. The lowest BCUT2D eigenvalue weighted by Crippen LogP contribution is -2.09. The molecule has 0 fully saturated rings. The molecule has 6 nitrogen and oxygen atoms in total. The fraction of sp³-hybridized carbons (Fsp3) is 0.179. The Balaban J connectivity index is 2.02. The minimum atomic E-state index is -0.432. The maximum Gasteiger partial charge on any atom is 0.309 e. The number of hydrogen-bond acceptors (Lipinski definition) is 4. The molecule has 0 radical (unpaired) electrons. The highest BCUT2D eigenvalue weighted by Crippen LogP contribution is 2.42. The van der Waals surface area contributed by atoms with Gasteiger partial charge in [0.25, 0.3) is 0 Å². The van der Waals surface area contributed by atoms with Crippen molar-refractivity contribution >= 4 is 17.6 Å². The van der Waals surface area contributed by atoms with Crippen LogP contribution in [0.4, 0.5) is 5.69 Å². The van der Waals surface area contributed by atoms with Gasteiger partial charge >= 0.3 is 5.97 Å². The molecule has 1 heterocycles. The first-order chi connectivity index (χ1) is 16.2. The van der Waals surface area contributed by atoms with Crippen LogP contribution in [-0.2, 0) is 9.59 Å². The van der Waals surface area contributed by atoms with Crippen LogP contribution < -0.4 is 10.1 Å². The Morgan fingerprint density at radius 2 is 1.59 bits per heavy atom. The van der Waals surface area contributed by atoms with Gasteiger partial charge in [-0.3, -0.25) is 9.59 Å². The Kier molecular flexibility index (Phi) is 6.32. The summed E-state index contributed by atoms with van der Waals surface area (Å²) < 4.78 is 7.51. The summed E-state index contributed by atoms with van der Waals surface area (Å²) >= 11 is 0. The highest BCUT2D eigenvalue weighted by atomic mass is 16.5. The van der Waals surface area contributed by atoms with Crippen molar-refractivity contribution < 1.29 is 14.3 Å². The smallest absolute Gasteiger partial charge is 0.309 e. The first kappa shape index (κ1) is 23.0. The summed E-state index contributed by atoms with van der Waals surface area (Å²) in [5, 5.41) is 7.75. The summed E-state index contributed by atoms with van der Waals surface area (Å²) in [7, 11) is 0. The van der Waals surface area contributed by atoms with Gasteiger partial charge in [0.1, 0.15) is 5.69 Å². The lowest BCUT2D eigenvalue weighted by Gasteiger charge is -2.13. The van der Waals surface area contributed by atoms with Gasteiger partial charge in [0.15, 0.2) is 0 Å². The number of hydrogen-bond donors (Lipinski definition) is 1. The zero-order valence-corrected chi connectivity index (χ0v) is 20.0. The molecule has 4 rings (SSSR count). The summed E-state index contributed by atoms with van der Waals surface area (Å²) in [5.74, 6) is -0.222. The molecule has 4 aromatic rings. The standard InChI is InChI=1S/C28H27N3O3/c1-17-8-6-10-23(16-17)27-26(22-12-14-24(15-13-22)29-20(4)32)28(34-21(5)33)31(30-27)25-11-7-9-18(2)19(25)3/h6-16H,1-5H3,(H,29,32). The maximum absolute atomic E-state index is 12.2. The molecule has 6 heteroatoms. The molecule has 34 heavy (non-hydrogen) atoms. The van der Waals surface area contributed by atoms with Crippen LogP contribution in [0.2, 0.25) is 0 Å². The molecule has 0 aliphatic heterocycles. The van der Waals surface area contributed by atoms with Crippen LogP contribution in [0.15, 0.2) is 66.7 Å². The van der Waals surface area contributed by atoms with Crippen LogP contribution in [0.5, 0.6) is 5.88 Å². The second-order valence-corrected chi connectivity index (χ2v) is 8.38.